The first-order chi connectivity index (χ1) is 9.71. The van der Waals surface area contributed by atoms with Gasteiger partial charge in [0.15, 0.2) is 5.82 Å². The van der Waals surface area contributed by atoms with Gasteiger partial charge in [0, 0.05) is 24.6 Å². The van der Waals surface area contributed by atoms with Gasteiger partial charge >= 0.3 is 0 Å². The van der Waals surface area contributed by atoms with E-state index in [-0.39, 0.29) is 0 Å². The van der Waals surface area contributed by atoms with E-state index in [0.717, 1.165) is 10.8 Å². The quantitative estimate of drug-likeness (QED) is 0.825. The Kier molecular flexibility index (Phi) is 5.38. The fraction of sp³-hybridized carbons (Fsp3) is 0.333. The highest BCUT2D eigenvalue weighted by Gasteiger charge is 2.06. The lowest BCUT2D eigenvalue weighted by Gasteiger charge is -2.08. The van der Waals surface area contributed by atoms with Crippen molar-refractivity contribution in [3.8, 4) is 0 Å². The topological polar surface area (TPSA) is 47.0 Å². The molecular weight excluding hydrogens is 270 g/mol. The van der Waals surface area contributed by atoms with Crippen LogP contribution in [-0.2, 0) is 11.3 Å². The molecule has 2 rings (SSSR count). The average Bonchev–Trinajstić information content (AvgIpc) is 2.45. The summed E-state index contributed by atoms with van der Waals surface area (Å²) in [4.78, 5) is 10.1. The molecule has 0 saturated heterocycles. The number of hydrogen-bond acceptors (Lipinski definition) is 5. The minimum Gasteiger partial charge on any atom is -0.374 e. The number of hydrogen-bond donors (Lipinski definition) is 1. The Bertz CT molecular complexity index is 575. The molecule has 20 heavy (non-hydrogen) atoms. The van der Waals surface area contributed by atoms with Crippen molar-refractivity contribution in [1.29, 1.82) is 0 Å². The fourth-order valence-corrected chi connectivity index (χ4v) is 2.67. The molecule has 0 amide bonds. The van der Waals surface area contributed by atoms with E-state index in [9.17, 15) is 0 Å². The van der Waals surface area contributed by atoms with Crippen LogP contribution in [0.5, 0.6) is 0 Å². The Morgan fingerprint density at radius 1 is 1.25 bits per heavy atom. The predicted molar refractivity (Wildman–Crippen MR) is 82.2 cm³/mol. The Balaban J connectivity index is 2.21. The number of anilines is 1. The van der Waals surface area contributed by atoms with Crippen LogP contribution in [-0.4, -0.2) is 23.6 Å². The molecule has 0 fully saturated rings. The van der Waals surface area contributed by atoms with Crippen molar-refractivity contribution in [2.75, 3.05) is 19.0 Å². The summed E-state index contributed by atoms with van der Waals surface area (Å²) in [6, 6.07) is 10.3. The van der Waals surface area contributed by atoms with E-state index < -0.39 is 0 Å². The van der Waals surface area contributed by atoms with Crippen LogP contribution < -0.4 is 5.32 Å². The second kappa shape index (κ2) is 7.26. The summed E-state index contributed by atoms with van der Waals surface area (Å²) in [6.45, 7) is 5.15. The van der Waals surface area contributed by atoms with Gasteiger partial charge in [-0.25, -0.2) is 9.97 Å². The van der Waals surface area contributed by atoms with E-state index in [0.29, 0.717) is 19.0 Å². The molecular formula is C15H19N3OS. The number of aryl methyl sites for hydroxylation is 1. The maximum absolute atomic E-state index is 5.38. The van der Waals surface area contributed by atoms with E-state index in [2.05, 4.69) is 46.5 Å². The average molecular weight is 289 g/mol. The summed E-state index contributed by atoms with van der Waals surface area (Å²) in [5.74, 6) is 1.51. The van der Waals surface area contributed by atoms with Gasteiger partial charge < -0.3 is 10.1 Å². The molecule has 0 saturated carbocycles. The third-order valence-corrected chi connectivity index (χ3v) is 3.56. The summed E-state index contributed by atoms with van der Waals surface area (Å²) in [7, 11) is 1.86. The molecule has 1 heterocycles. The van der Waals surface area contributed by atoms with E-state index in [4.69, 9.17) is 4.74 Å². The maximum atomic E-state index is 5.38. The summed E-state index contributed by atoms with van der Waals surface area (Å²) >= 11 is 1.63. The fourth-order valence-electron chi connectivity index (χ4n) is 1.71. The highest BCUT2D eigenvalue weighted by molar-refractivity contribution is 7.99. The minimum absolute atomic E-state index is 0.438. The molecule has 0 aliphatic rings. The largest absolute Gasteiger partial charge is 0.374 e. The lowest BCUT2D eigenvalue weighted by molar-refractivity contribution is 0.128. The number of benzene rings is 1. The van der Waals surface area contributed by atoms with Crippen LogP contribution in [0.3, 0.4) is 0 Å². The summed E-state index contributed by atoms with van der Waals surface area (Å²) in [5, 5.41) is 3.98. The SMILES string of the molecule is CCOCc1nc(NC)cc(Sc2cccc(C)c2)n1. The lowest BCUT2D eigenvalue weighted by Crippen LogP contribution is -2.03. The molecule has 4 nitrogen and oxygen atoms in total. The Hall–Kier alpha value is -1.59. The normalized spacial score (nSPS) is 10.6. The molecule has 1 aromatic heterocycles. The van der Waals surface area contributed by atoms with E-state index in [1.54, 1.807) is 11.8 Å². The number of rotatable bonds is 6. The van der Waals surface area contributed by atoms with Gasteiger partial charge in [0.1, 0.15) is 17.5 Å². The molecule has 0 radical (unpaired) electrons. The zero-order valence-electron chi connectivity index (χ0n) is 12.0. The second-order valence-corrected chi connectivity index (χ2v) is 5.41. The monoisotopic (exact) mass is 289 g/mol. The Morgan fingerprint density at radius 2 is 2.10 bits per heavy atom. The molecule has 2 aromatic rings. The number of nitrogens with zero attached hydrogens (tertiary/aromatic N) is 2. The van der Waals surface area contributed by atoms with E-state index >= 15 is 0 Å². The number of aromatic nitrogens is 2. The van der Waals surface area contributed by atoms with Crippen molar-refractivity contribution in [2.24, 2.45) is 0 Å². The van der Waals surface area contributed by atoms with Crippen LogP contribution in [0.1, 0.15) is 18.3 Å². The van der Waals surface area contributed by atoms with Crippen molar-refractivity contribution in [1.82, 2.24) is 9.97 Å². The Labute approximate surface area is 124 Å². The Morgan fingerprint density at radius 3 is 2.80 bits per heavy atom. The first-order valence-corrected chi connectivity index (χ1v) is 7.41. The summed E-state index contributed by atoms with van der Waals surface area (Å²) < 4.78 is 5.38. The first-order valence-electron chi connectivity index (χ1n) is 6.59. The number of nitrogens with one attached hydrogen (secondary N) is 1. The van der Waals surface area contributed by atoms with Gasteiger partial charge in [0.05, 0.1) is 0 Å². The second-order valence-electron chi connectivity index (χ2n) is 4.31. The molecule has 106 valence electrons. The van der Waals surface area contributed by atoms with Crippen molar-refractivity contribution in [3.63, 3.8) is 0 Å². The third kappa shape index (κ3) is 4.21. The molecule has 1 N–H and O–H groups in total. The molecule has 0 spiro atoms. The lowest BCUT2D eigenvalue weighted by atomic mass is 10.2. The van der Waals surface area contributed by atoms with Crippen LogP contribution in [0.15, 0.2) is 40.3 Å². The summed E-state index contributed by atoms with van der Waals surface area (Å²) in [5.41, 5.74) is 1.24. The van der Waals surface area contributed by atoms with Gasteiger partial charge in [-0.1, -0.05) is 29.5 Å². The minimum atomic E-state index is 0.438. The maximum Gasteiger partial charge on any atom is 0.157 e. The standard InChI is InChI=1S/C15H19N3OS/c1-4-19-10-14-17-13(16-3)9-15(18-14)20-12-7-5-6-11(2)8-12/h5-9H,4,10H2,1-3H3,(H,16,17,18). The van der Waals surface area contributed by atoms with Gasteiger partial charge in [-0.2, -0.15) is 0 Å². The molecule has 0 atom stereocenters. The zero-order chi connectivity index (χ0) is 14.4. The third-order valence-electron chi connectivity index (χ3n) is 2.65. The van der Waals surface area contributed by atoms with Crippen LogP contribution in [0.4, 0.5) is 5.82 Å². The number of ether oxygens (including phenoxy) is 1. The van der Waals surface area contributed by atoms with Crippen LogP contribution in [0.2, 0.25) is 0 Å². The molecule has 0 aliphatic heterocycles. The van der Waals surface area contributed by atoms with E-state index in [1.165, 1.54) is 10.5 Å². The molecule has 1 aromatic carbocycles. The van der Waals surface area contributed by atoms with Gasteiger partial charge in [-0.05, 0) is 26.0 Å². The van der Waals surface area contributed by atoms with Gasteiger partial charge in [0.25, 0.3) is 0 Å². The first kappa shape index (κ1) is 14.8. The van der Waals surface area contributed by atoms with Crippen LogP contribution in [0, 0.1) is 6.92 Å². The smallest absolute Gasteiger partial charge is 0.157 e. The van der Waals surface area contributed by atoms with E-state index in [1.807, 2.05) is 20.0 Å². The van der Waals surface area contributed by atoms with Crippen molar-refractivity contribution in [2.45, 2.75) is 30.4 Å². The molecule has 0 aliphatic carbocycles. The van der Waals surface area contributed by atoms with Crippen LogP contribution >= 0.6 is 11.8 Å². The summed E-state index contributed by atoms with van der Waals surface area (Å²) in [6.07, 6.45) is 0. The van der Waals surface area contributed by atoms with Crippen molar-refractivity contribution in [3.05, 3.63) is 41.7 Å². The van der Waals surface area contributed by atoms with Crippen molar-refractivity contribution >= 4 is 17.6 Å². The van der Waals surface area contributed by atoms with Gasteiger partial charge in [-0.3, -0.25) is 0 Å². The molecule has 0 bridgehead atoms. The predicted octanol–water partition coefficient (Wildman–Crippen LogP) is 3.51. The van der Waals surface area contributed by atoms with Gasteiger partial charge in [-0.15, -0.1) is 0 Å². The molecule has 5 heteroatoms. The van der Waals surface area contributed by atoms with Crippen molar-refractivity contribution < 1.29 is 4.74 Å². The highest BCUT2D eigenvalue weighted by atomic mass is 32.2. The van der Waals surface area contributed by atoms with Gasteiger partial charge in [0.2, 0.25) is 0 Å². The molecule has 0 unspecified atom stereocenters. The highest BCUT2D eigenvalue weighted by Crippen LogP contribution is 2.28. The zero-order valence-corrected chi connectivity index (χ0v) is 12.8. The van der Waals surface area contributed by atoms with Crippen LogP contribution in [0.25, 0.3) is 0 Å².